The summed E-state index contributed by atoms with van der Waals surface area (Å²) in [5.74, 6) is 1.16. The van der Waals surface area contributed by atoms with E-state index in [0.29, 0.717) is 11.5 Å². The van der Waals surface area contributed by atoms with Crippen LogP contribution in [-0.2, 0) is 24.2 Å². The normalized spacial score (nSPS) is 17.6. The number of benzene rings is 4. The molecule has 0 bridgehead atoms. The lowest BCUT2D eigenvalue weighted by Gasteiger charge is -2.37. The fourth-order valence-electron chi connectivity index (χ4n) is 6.79. The maximum Gasteiger partial charge on any atom is 0.330 e. The largest absolute Gasteiger partial charge is 0.746 e. The Morgan fingerprint density at radius 3 is 1.90 bits per heavy atom. The van der Waals surface area contributed by atoms with Gasteiger partial charge in [0.05, 0.1) is 51.6 Å². The van der Waals surface area contributed by atoms with E-state index in [9.17, 15) is 19.0 Å². The van der Waals surface area contributed by atoms with Crippen LogP contribution in [0.25, 0.3) is 0 Å². The first kappa shape index (κ1) is 44.4. The Bertz CT molecular complexity index is 2180. The highest BCUT2D eigenvalue weighted by atomic mass is 35.5. The highest BCUT2D eigenvalue weighted by Gasteiger charge is 2.44. The molecule has 0 radical (unpaired) electrons. The summed E-state index contributed by atoms with van der Waals surface area (Å²) in [5, 5.41) is 0.0690. The number of halogens is 1. The Morgan fingerprint density at radius 1 is 0.845 bits per heavy atom. The van der Waals surface area contributed by atoms with Crippen molar-refractivity contribution in [2.45, 2.75) is 58.2 Å². The van der Waals surface area contributed by atoms with Crippen LogP contribution in [0.3, 0.4) is 0 Å². The van der Waals surface area contributed by atoms with Gasteiger partial charge in [-0.15, -0.1) is 0 Å². The maximum absolute atomic E-state index is 13.3. The second-order valence-electron chi connectivity index (χ2n) is 13.6. The number of aryl methyl sites for hydroxylation is 1. The average Bonchev–Trinajstić information content (AvgIpc) is 3.63. The van der Waals surface area contributed by atoms with Gasteiger partial charge < -0.3 is 37.8 Å². The molecule has 1 aromatic heterocycles. The number of aromatic amines is 1. The smallest absolute Gasteiger partial charge is 0.330 e. The molecule has 5 aromatic rings. The van der Waals surface area contributed by atoms with Crippen molar-refractivity contribution in [3.8, 4) is 17.2 Å². The van der Waals surface area contributed by atoms with Crippen molar-refractivity contribution in [1.29, 1.82) is 0 Å². The second-order valence-corrected chi connectivity index (χ2v) is 15.3. The summed E-state index contributed by atoms with van der Waals surface area (Å²) >= 11 is 6.17. The molecule has 1 aliphatic rings. The van der Waals surface area contributed by atoms with Crippen LogP contribution in [0.4, 0.5) is 0 Å². The van der Waals surface area contributed by atoms with Crippen molar-refractivity contribution in [2.24, 2.45) is 0 Å². The quantitative estimate of drug-likeness (QED) is 0.0939. The molecule has 0 spiro atoms. The van der Waals surface area contributed by atoms with Gasteiger partial charge in [0, 0.05) is 18.2 Å². The number of phosphoric acid groups is 1. The van der Waals surface area contributed by atoms with Crippen molar-refractivity contribution in [1.82, 2.24) is 9.55 Å². The number of nitrogens with one attached hydrogen (secondary N) is 2. The number of hydrogen-bond acceptors (Lipinski definition) is 10. The molecule has 310 valence electrons. The topological polar surface area (TPSA) is 155 Å². The number of H-pyrrole nitrogens is 1. The Labute approximate surface area is 343 Å². The average molecular weight is 836 g/mol. The third kappa shape index (κ3) is 10.7. The molecular weight excluding hydrogens is 785 g/mol. The molecule has 1 fully saturated rings. The zero-order valence-electron chi connectivity index (χ0n) is 33.5. The number of phosphoric ester groups is 1. The highest BCUT2D eigenvalue weighted by molar-refractivity contribution is 7.46. The van der Waals surface area contributed by atoms with E-state index in [-0.39, 0.29) is 29.4 Å². The molecule has 13 nitrogen and oxygen atoms in total. The molecule has 2 N–H and O–H groups in total. The van der Waals surface area contributed by atoms with E-state index >= 15 is 0 Å². The number of methoxy groups -OCH3 is 2. The predicted molar refractivity (Wildman–Crippen MR) is 220 cm³/mol. The summed E-state index contributed by atoms with van der Waals surface area (Å²) in [6.45, 7) is 11.8. The molecule has 1 unspecified atom stereocenters. The van der Waals surface area contributed by atoms with Crippen LogP contribution in [0.15, 0.2) is 119 Å². The fourth-order valence-corrected chi connectivity index (χ4v) is 8.01. The first-order chi connectivity index (χ1) is 27.9. The zero-order chi connectivity index (χ0) is 41.9. The second kappa shape index (κ2) is 20.3. The lowest BCUT2D eigenvalue weighted by atomic mass is 9.80. The van der Waals surface area contributed by atoms with E-state index in [1.165, 1.54) is 42.5 Å². The third-order valence-electron chi connectivity index (χ3n) is 10.1. The van der Waals surface area contributed by atoms with Crippen LogP contribution in [0.2, 0.25) is 5.02 Å². The Kier molecular flexibility index (Phi) is 15.5. The molecule has 58 heavy (non-hydrogen) atoms. The van der Waals surface area contributed by atoms with Crippen LogP contribution in [0.1, 0.15) is 55.7 Å². The molecule has 0 amide bonds. The number of ether oxygens (including phenoxy) is 4. The van der Waals surface area contributed by atoms with Crippen LogP contribution < -0.4 is 35.0 Å². The van der Waals surface area contributed by atoms with Gasteiger partial charge in [0.1, 0.15) is 35.2 Å². The van der Waals surface area contributed by atoms with Gasteiger partial charge in [0.15, 0.2) is 0 Å². The summed E-state index contributed by atoms with van der Waals surface area (Å²) in [4.78, 5) is 42.3. The standard InChI is InChI=1S/C37H36ClN2O10P.C6H15N/c1-24-22-40(36(42)39-35(24)41)34-21-32(50-51(43,44)49-31-12-8-7-11-30(31)38)33(48-34)23-47-37(25-9-5-4-6-10-25,26-13-17-28(45-2)18-14-26)27-15-19-29(46-3)20-16-27;1-4-7(5-2)6-3/h4-20,22,32-34H,21,23H2,1-3H3,(H,43,44)(H,39,41,42);4-6H2,1-3H3/t32-,33+,34+;/m0./s1. The minimum Gasteiger partial charge on any atom is -0.746 e. The number of aromatic nitrogens is 2. The number of rotatable bonds is 16. The number of nitrogens with zero attached hydrogens (tertiary/aromatic N) is 1. The third-order valence-corrected chi connectivity index (χ3v) is 11.3. The fraction of sp³-hybridized carbons (Fsp3) is 0.349. The Morgan fingerprint density at radius 2 is 1.38 bits per heavy atom. The van der Waals surface area contributed by atoms with Crippen molar-refractivity contribution in [2.75, 3.05) is 40.5 Å². The minimum atomic E-state index is -5.07. The van der Waals surface area contributed by atoms with E-state index in [2.05, 4.69) is 25.8 Å². The molecule has 1 aliphatic heterocycles. The number of quaternary nitrogens is 1. The number of para-hydroxylation sites is 1. The molecule has 6 rings (SSSR count). The van der Waals surface area contributed by atoms with Crippen molar-refractivity contribution >= 4 is 19.4 Å². The van der Waals surface area contributed by atoms with Gasteiger partial charge >= 0.3 is 13.5 Å². The van der Waals surface area contributed by atoms with Gasteiger partial charge in [0.2, 0.25) is 0 Å². The van der Waals surface area contributed by atoms with Gasteiger partial charge in [-0.25, -0.2) is 4.79 Å². The minimum absolute atomic E-state index is 0.0690. The molecular formula is C43H51ClN3O10P. The van der Waals surface area contributed by atoms with Crippen molar-refractivity contribution in [3.05, 3.63) is 157 Å². The first-order valence-corrected chi connectivity index (χ1v) is 20.9. The van der Waals surface area contributed by atoms with Crippen molar-refractivity contribution in [3.63, 3.8) is 0 Å². The first-order valence-electron chi connectivity index (χ1n) is 19.1. The van der Waals surface area contributed by atoms with E-state index in [4.69, 9.17) is 39.6 Å². The molecule has 2 heterocycles. The monoisotopic (exact) mass is 835 g/mol. The SMILES string of the molecule is CC[NH+](CC)CC.COc1ccc(C(OC[C@H]2O[C@@H](n3cc(C)c(=O)[nH]c3=O)C[C@@H]2OP(=O)([O-])Oc2ccccc2Cl)(c2ccccc2)c2ccc(OC)cc2)cc1. The summed E-state index contributed by atoms with van der Waals surface area (Å²) in [6.07, 6.45) is -2.04. The Hall–Kier alpha value is -4.72. The van der Waals surface area contributed by atoms with Crippen LogP contribution in [0, 0.1) is 6.92 Å². The van der Waals surface area contributed by atoms with Crippen LogP contribution >= 0.6 is 19.4 Å². The van der Waals surface area contributed by atoms with Gasteiger partial charge in [-0.2, -0.15) is 0 Å². The van der Waals surface area contributed by atoms with E-state index in [1.807, 2.05) is 78.9 Å². The van der Waals surface area contributed by atoms with E-state index in [0.717, 1.165) is 16.7 Å². The lowest BCUT2D eigenvalue weighted by Crippen LogP contribution is -3.11. The molecule has 0 saturated carbocycles. The molecule has 4 aromatic carbocycles. The Balaban J connectivity index is 0.000000839. The van der Waals surface area contributed by atoms with Gasteiger partial charge in [-0.3, -0.25) is 18.9 Å². The van der Waals surface area contributed by atoms with Crippen LogP contribution in [0.5, 0.6) is 17.2 Å². The summed E-state index contributed by atoms with van der Waals surface area (Å²) in [7, 11) is -1.92. The van der Waals surface area contributed by atoms with Crippen LogP contribution in [-0.4, -0.2) is 62.2 Å². The summed E-state index contributed by atoms with van der Waals surface area (Å²) < 4.78 is 49.6. The molecule has 1 saturated heterocycles. The van der Waals surface area contributed by atoms with E-state index < -0.39 is 43.1 Å². The summed E-state index contributed by atoms with van der Waals surface area (Å²) in [6, 6.07) is 30.4. The van der Waals surface area contributed by atoms with Gasteiger partial charge in [-0.1, -0.05) is 78.3 Å². The maximum atomic E-state index is 13.3. The highest BCUT2D eigenvalue weighted by Crippen LogP contribution is 2.48. The summed E-state index contributed by atoms with van der Waals surface area (Å²) in [5.41, 5.74) is -0.0712. The zero-order valence-corrected chi connectivity index (χ0v) is 35.2. The van der Waals surface area contributed by atoms with E-state index in [1.54, 1.807) is 38.2 Å². The lowest BCUT2D eigenvalue weighted by molar-refractivity contribution is -0.894. The van der Waals surface area contributed by atoms with Gasteiger partial charge in [0.25, 0.3) is 5.56 Å². The number of hydrogen-bond donors (Lipinski definition) is 2. The van der Waals surface area contributed by atoms with Gasteiger partial charge in [-0.05, 0) is 80.8 Å². The predicted octanol–water partition coefficient (Wildman–Crippen LogP) is 5.68. The molecule has 15 heteroatoms. The molecule has 4 atom stereocenters. The van der Waals surface area contributed by atoms with Crippen molar-refractivity contribution < 1.29 is 42.4 Å². The molecule has 0 aliphatic carbocycles.